The Hall–Kier alpha value is -5.42. The molecule has 1 aliphatic heterocycles. The maximum atomic E-state index is 5.28. The summed E-state index contributed by atoms with van der Waals surface area (Å²) in [5.41, 5.74) is 11.3. The topological polar surface area (TPSA) is 25.8 Å². The summed E-state index contributed by atoms with van der Waals surface area (Å²) in [6, 6.07) is 53.2. The first kappa shape index (κ1) is 27.7. The molecule has 6 aromatic carbocycles. The summed E-state index contributed by atoms with van der Waals surface area (Å²) in [5.74, 6) is 0. The van der Waals surface area contributed by atoms with Gasteiger partial charge in [-0.2, -0.15) is 0 Å². The van der Waals surface area contributed by atoms with E-state index in [9.17, 15) is 0 Å². The fraction of sp³-hybridized carbons (Fsp3) is 0.0455. The van der Waals surface area contributed by atoms with Gasteiger partial charge in [-0.15, -0.1) is 11.3 Å². The zero-order valence-corrected chi connectivity index (χ0v) is 28.5. The lowest BCUT2D eigenvalue weighted by molar-refractivity contribution is 1.37. The molecule has 3 aromatic heterocycles. The van der Waals surface area contributed by atoms with Crippen LogP contribution in [0.1, 0.15) is 0 Å². The van der Waals surface area contributed by atoms with E-state index in [4.69, 9.17) is 9.97 Å². The highest BCUT2D eigenvalue weighted by Crippen LogP contribution is 2.37. The molecule has 0 amide bonds. The molecule has 226 valence electrons. The van der Waals surface area contributed by atoms with E-state index in [2.05, 4.69) is 159 Å². The van der Waals surface area contributed by atoms with Gasteiger partial charge in [0.05, 0.1) is 22.4 Å². The van der Waals surface area contributed by atoms with Crippen LogP contribution in [0.2, 0.25) is 13.1 Å². The van der Waals surface area contributed by atoms with Crippen molar-refractivity contribution in [2.75, 3.05) is 0 Å². The van der Waals surface area contributed by atoms with Crippen molar-refractivity contribution in [3.63, 3.8) is 0 Å². The highest BCUT2D eigenvalue weighted by molar-refractivity contribution is 7.25. The van der Waals surface area contributed by atoms with E-state index in [1.807, 2.05) is 11.3 Å². The molecule has 1 aliphatic rings. The second-order valence-corrected chi connectivity index (χ2v) is 18.8. The first-order valence-corrected chi connectivity index (χ1v) is 20.3. The van der Waals surface area contributed by atoms with Gasteiger partial charge in [0.1, 0.15) is 8.07 Å². The Morgan fingerprint density at radius 3 is 1.81 bits per heavy atom. The van der Waals surface area contributed by atoms with Gasteiger partial charge >= 0.3 is 0 Å². The van der Waals surface area contributed by atoms with Gasteiger partial charge in [-0.3, -0.25) is 0 Å². The molecule has 0 atom stereocenters. The van der Waals surface area contributed by atoms with Crippen molar-refractivity contribution in [3.05, 3.63) is 146 Å². The van der Waals surface area contributed by atoms with Gasteiger partial charge in [0.15, 0.2) is 0 Å². The van der Waals surface area contributed by atoms with Crippen molar-refractivity contribution < 1.29 is 0 Å². The third kappa shape index (κ3) is 4.16. The van der Waals surface area contributed by atoms with E-state index in [-0.39, 0.29) is 0 Å². The maximum Gasteiger partial charge on any atom is 0.113 e. The van der Waals surface area contributed by atoms with E-state index in [1.54, 1.807) is 0 Å². The number of hydrogen-bond acceptors (Lipinski definition) is 3. The fourth-order valence-corrected chi connectivity index (χ4v) is 11.9. The molecule has 0 aliphatic carbocycles. The molecule has 0 bridgehead atoms. The van der Waals surface area contributed by atoms with Crippen LogP contribution >= 0.6 is 11.3 Å². The van der Waals surface area contributed by atoms with Gasteiger partial charge < -0.3 is 0 Å². The standard InChI is InChI=1S/C44H30N2SSi/c1-48(2)41-10-6-4-8-34(41)35-21-17-32(26-42(35)48)38-23-19-30-16-15-29-18-22-37(45-43(29)44(30)46-38)28-13-11-27(12-14-28)31-20-24-40-36(25-31)33-7-3-5-9-39(33)47-40/h3-26H,1-2H3. The van der Waals surface area contributed by atoms with Gasteiger partial charge in [-0.25, -0.2) is 9.97 Å². The minimum absolute atomic E-state index is 0.939. The highest BCUT2D eigenvalue weighted by atomic mass is 32.1. The first-order valence-electron chi connectivity index (χ1n) is 16.5. The minimum atomic E-state index is -1.77. The van der Waals surface area contributed by atoms with E-state index in [0.717, 1.165) is 38.8 Å². The van der Waals surface area contributed by atoms with Gasteiger partial charge in [-0.05, 0) is 63.0 Å². The quantitative estimate of drug-likeness (QED) is 0.141. The number of fused-ring (bicyclic) bond motifs is 9. The third-order valence-electron chi connectivity index (χ3n) is 10.3. The molecule has 4 heteroatoms. The van der Waals surface area contributed by atoms with Crippen LogP contribution in [0.25, 0.3) is 86.7 Å². The molecule has 0 saturated carbocycles. The fourth-order valence-electron chi connectivity index (χ4n) is 7.69. The van der Waals surface area contributed by atoms with Crippen LogP contribution in [0.15, 0.2) is 146 Å². The predicted octanol–water partition coefficient (Wildman–Crippen LogP) is 11.0. The van der Waals surface area contributed by atoms with Gasteiger partial charge in [0, 0.05) is 42.1 Å². The average Bonchev–Trinajstić information content (AvgIpc) is 3.62. The molecule has 0 unspecified atom stereocenters. The van der Waals surface area contributed by atoms with E-state index < -0.39 is 8.07 Å². The van der Waals surface area contributed by atoms with Crippen molar-refractivity contribution in [2.24, 2.45) is 0 Å². The zero-order chi connectivity index (χ0) is 32.0. The van der Waals surface area contributed by atoms with Crippen LogP contribution in [-0.4, -0.2) is 18.0 Å². The first-order chi connectivity index (χ1) is 23.5. The number of hydrogen-bond donors (Lipinski definition) is 0. The lowest BCUT2D eigenvalue weighted by Crippen LogP contribution is -2.49. The van der Waals surface area contributed by atoms with E-state index >= 15 is 0 Å². The number of rotatable bonds is 3. The predicted molar refractivity (Wildman–Crippen MR) is 208 cm³/mol. The molecule has 4 heterocycles. The molecule has 0 saturated heterocycles. The van der Waals surface area contributed by atoms with E-state index in [0.29, 0.717) is 0 Å². The summed E-state index contributed by atoms with van der Waals surface area (Å²) in [4.78, 5) is 10.5. The normalized spacial score (nSPS) is 13.4. The van der Waals surface area contributed by atoms with Crippen LogP contribution in [-0.2, 0) is 0 Å². The van der Waals surface area contributed by atoms with Gasteiger partial charge in [0.2, 0.25) is 0 Å². The summed E-state index contributed by atoms with van der Waals surface area (Å²) in [5, 5.41) is 7.87. The maximum absolute atomic E-state index is 5.28. The monoisotopic (exact) mass is 646 g/mol. The summed E-state index contributed by atoms with van der Waals surface area (Å²) < 4.78 is 2.66. The molecule has 0 spiro atoms. The van der Waals surface area contributed by atoms with Crippen LogP contribution in [0.3, 0.4) is 0 Å². The Morgan fingerprint density at radius 2 is 1.02 bits per heavy atom. The second-order valence-electron chi connectivity index (χ2n) is 13.4. The highest BCUT2D eigenvalue weighted by Gasteiger charge is 2.37. The minimum Gasteiger partial charge on any atom is -0.245 e. The molecule has 0 radical (unpaired) electrons. The molecule has 9 aromatic rings. The molecule has 10 rings (SSSR count). The molecule has 0 N–H and O–H groups in total. The summed E-state index contributed by atoms with van der Waals surface area (Å²) in [7, 11) is -1.77. The van der Waals surface area contributed by atoms with Gasteiger partial charge in [-0.1, -0.05) is 128 Å². The number of thiophene rings is 1. The van der Waals surface area contributed by atoms with Crippen LogP contribution in [0, 0.1) is 0 Å². The van der Waals surface area contributed by atoms with Crippen LogP contribution < -0.4 is 10.4 Å². The molecular formula is C44H30N2SSi. The Labute approximate surface area is 284 Å². The van der Waals surface area contributed by atoms with Crippen LogP contribution in [0.4, 0.5) is 0 Å². The van der Waals surface area contributed by atoms with Crippen molar-refractivity contribution in [1.82, 2.24) is 9.97 Å². The second kappa shape index (κ2) is 10.3. The Morgan fingerprint density at radius 1 is 0.438 bits per heavy atom. The Bertz CT molecular complexity index is 2760. The lowest BCUT2D eigenvalue weighted by atomic mass is 10.00. The van der Waals surface area contributed by atoms with Crippen LogP contribution in [0.5, 0.6) is 0 Å². The third-order valence-corrected chi connectivity index (χ3v) is 15.0. The summed E-state index contributed by atoms with van der Waals surface area (Å²) in [6.45, 7) is 4.93. The van der Waals surface area contributed by atoms with Crippen molar-refractivity contribution >= 4 is 71.8 Å². The molecule has 2 nitrogen and oxygen atoms in total. The smallest absolute Gasteiger partial charge is 0.113 e. The van der Waals surface area contributed by atoms with Gasteiger partial charge in [0.25, 0.3) is 0 Å². The van der Waals surface area contributed by atoms with Crippen molar-refractivity contribution in [3.8, 4) is 44.8 Å². The molecular weight excluding hydrogens is 617 g/mol. The number of nitrogens with zero attached hydrogens (tertiary/aromatic N) is 2. The number of pyridine rings is 2. The SMILES string of the molecule is C[Si]1(C)c2ccccc2-c2ccc(-c3ccc4ccc5ccc(-c6ccc(-c7ccc8sc9ccccc9c8c7)cc6)nc5c4n3)cc21. The number of benzene rings is 6. The lowest BCUT2D eigenvalue weighted by Gasteiger charge is -2.19. The Kier molecular flexibility index (Phi) is 5.93. The zero-order valence-electron chi connectivity index (χ0n) is 26.7. The largest absolute Gasteiger partial charge is 0.245 e. The molecule has 48 heavy (non-hydrogen) atoms. The van der Waals surface area contributed by atoms with Crippen molar-refractivity contribution in [1.29, 1.82) is 0 Å². The Balaban J connectivity index is 1.03. The van der Waals surface area contributed by atoms with E-state index in [1.165, 1.54) is 58.4 Å². The summed E-state index contributed by atoms with van der Waals surface area (Å²) >= 11 is 1.86. The summed E-state index contributed by atoms with van der Waals surface area (Å²) in [6.07, 6.45) is 0. The average molecular weight is 647 g/mol. The molecule has 0 fully saturated rings. The number of aromatic nitrogens is 2. The van der Waals surface area contributed by atoms with Crippen molar-refractivity contribution in [2.45, 2.75) is 13.1 Å².